The Kier molecular flexibility index (Phi) is 3.04. The number of aliphatic hydroxyl groups is 1. The molecule has 1 aromatic carbocycles. The monoisotopic (exact) mass is 225 g/mol. The van der Waals surface area contributed by atoms with Gasteiger partial charge in [-0.2, -0.15) is 0 Å². The third-order valence-electron chi connectivity index (χ3n) is 1.58. The normalized spacial score (nSPS) is 11.5. The largest absolute Gasteiger partial charge is 0.573 e. The number of rotatable bonds is 2. The summed E-state index contributed by atoms with van der Waals surface area (Å²) in [5.74, 6) is -1.83. The van der Waals surface area contributed by atoms with Crippen LogP contribution in [-0.2, 0) is 6.61 Å². The predicted octanol–water partition coefficient (Wildman–Crippen LogP) is 1.80. The molecular formula is C8H7F4NO2. The Morgan fingerprint density at radius 1 is 1.33 bits per heavy atom. The van der Waals surface area contributed by atoms with Crippen molar-refractivity contribution >= 4 is 5.69 Å². The first kappa shape index (κ1) is 11.6. The highest BCUT2D eigenvalue weighted by molar-refractivity contribution is 5.49. The first-order valence-corrected chi connectivity index (χ1v) is 3.78. The van der Waals surface area contributed by atoms with Crippen molar-refractivity contribution in [3.63, 3.8) is 0 Å². The van der Waals surface area contributed by atoms with Crippen molar-refractivity contribution in [1.82, 2.24) is 0 Å². The number of aliphatic hydroxyl groups excluding tert-OH is 1. The number of ether oxygens (including phenoxy) is 1. The van der Waals surface area contributed by atoms with Gasteiger partial charge in [0.15, 0.2) is 0 Å². The number of alkyl halides is 3. The molecule has 0 aromatic heterocycles. The summed E-state index contributed by atoms with van der Waals surface area (Å²) in [6, 6.07) is 1.37. The molecule has 0 radical (unpaired) electrons. The van der Waals surface area contributed by atoms with Crippen molar-refractivity contribution in [3.05, 3.63) is 23.5 Å². The molecule has 0 heterocycles. The lowest BCUT2D eigenvalue weighted by Gasteiger charge is -2.12. The van der Waals surface area contributed by atoms with Gasteiger partial charge in [-0.1, -0.05) is 0 Å². The molecule has 0 aliphatic heterocycles. The zero-order chi connectivity index (χ0) is 11.6. The van der Waals surface area contributed by atoms with Gasteiger partial charge in [0.05, 0.1) is 12.3 Å². The smallest absolute Gasteiger partial charge is 0.405 e. The Labute approximate surface area is 82.1 Å². The summed E-state index contributed by atoms with van der Waals surface area (Å²) in [4.78, 5) is 0. The maximum absolute atomic E-state index is 12.8. The Morgan fingerprint density at radius 3 is 2.40 bits per heavy atom. The average molecular weight is 225 g/mol. The molecule has 0 fully saturated rings. The van der Waals surface area contributed by atoms with E-state index < -0.39 is 24.5 Å². The molecule has 0 saturated heterocycles. The first-order chi connectivity index (χ1) is 6.83. The summed E-state index contributed by atoms with van der Waals surface area (Å²) in [6.07, 6.45) is -4.94. The first-order valence-electron chi connectivity index (χ1n) is 3.78. The number of hydrogen-bond donors (Lipinski definition) is 2. The van der Waals surface area contributed by atoms with E-state index in [-0.39, 0.29) is 11.3 Å². The molecule has 15 heavy (non-hydrogen) atoms. The van der Waals surface area contributed by atoms with Gasteiger partial charge in [-0.3, -0.25) is 0 Å². The minimum Gasteiger partial charge on any atom is -0.405 e. The van der Waals surface area contributed by atoms with Gasteiger partial charge in [0.1, 0.15) is 11.6 Å². The Bertz CT molecular complexity index is 364. The molecule has 3 nitrogen and oxygen atoms in total. The summed E-state index contributed by atoms with van der Waals surface area (Å²) < 4.78 is 51.8. The molecular weight excluding hydrogens is 218 g/mol. The summed E-state index contributed by atoms with van der Waals surface area (Å²) in [6.45, 7) is -0.726. The van der Waals surface area contributed by atoms with Crippen LogP contribution in [0.5, 0.6) is 5.75 Å². The molecule has 0 saturated carbocycles. The van der Waals surface area contributed by atoms with Crippen LogP contribution in [0.1, 0.15) is 5.56 Å². The number of halogens is 4. The highest BCUT2D eigenvalue weighted by atomic mass is 19.4. The van der Waals surface area contributed by atoms with Crippen LogP contribution in [0, 0.1) is 5.82 Å². The highest BCUT2D eigenvalue weighted by Gasteiger charge is 2.32. The summed E-state index contributed by atoms with van der Waals surface area (Å²) >= 11 is 0. The molecule has 0 spiro atoms. The predicted molar refractivity (Wildman–Crippen MR) is 43.4 cm³/mol. The van der Waals surface area contributed by atoms with Crippen molar-refractivity contribution < 1.29 is 27.4 Å². The van der Waals surface area contributed by atoms with Crippen molar-refractivity contribution in [2.45, 2.75) is 13.0 Å². The lowest BCUT2D eigenvalue weighted by Crippen LogP contribution is -2.18. The van der Waals surface area contributed by atoms with Crippen molar-refractivity contribution in [1.29, 1.82) is 0 Å². The molecule has 3 N–H and O–H groups in total. The van der Waals surface area contributed by atoms with Gasteiger partial charge in [0.25, 0.3) is 0 Å². The Balaban J connectivity index is 3.11. The van der Waals surface area contributed by atoms with E-state index in [0.717, 1.165) is 6.07 Å². The van der Waals surface area contributed by atoms with Crippen LogP contribution in [0.4, 0.5) is 23.2 Å². The van der Waals surface area contributed by atoms with E-state index in [1.807, 2.05) is 0 Å². The fourth-order valence-electron chi connectivity index (χ4n) is 0.962. The quantitative estimate of drug-likeness (QED) is 0.596. The van der Waals surface area contributed by atoms with Crippen molar-refractivity contribution in [2.24, 2.45) is 0 Å². The van der Waals surface area contributed by atoms with E-state index in [0.29, 0.717) is 6.07 Å². The third-order valence-corrected chi connectivity index (χ3v) is 1.58. The number of nitrogens with two attached hydrogens (primary N) is 1. The second kappa shape index (κ2) is 3.93. The van der Waals surface area contributed by atoms with E-state index in [4.69, 9.17) is 10.8 Å². The van der Waals surface area contributed by atoms with E-state index in [1.54, 1.807) is 0 Å². The van der Waals surface area contributed by atoms with Crippen LogP contribution < -0.4 is 10.5 Å². The Morgan fingerprint density at radius 2 is 1.93 bits per heavy atom. The maximum atomic E-state index is 12.8. The number of anilines is 1. The highest BCUT2D eigenvalue weighted by Crippen LogP contribution is 2.29. The van der Waals surface area contributed by atoms with Gasteiger partial charge < -0.3 is 15.6 Å². The van der Waals surface area contributed by atoms with Crippen LogP contribution in [0.15, 0.2) is 12.1 Å². The second-order valence-corrected chi connectivity index (χ2v) is 2.69. The van der Waals surface area contributed by atoms with Crippen LogP contribution in [-0.4, -0.2) is 11.5 Å². The van der Waals surface area contributed by atoms with Gasteiger partial charge in [-0.25, -0.2) is 4.39 Å². The molecule has 0 amide bonds. The Hall–Kier alpha value is -1.50. The standard InChI is InChI=1S/C8H7F4NO2/c9-5-2-7(15-8(10,11)12)4(3-14)1-6(5)13/h1-2,14H,3,13H2. The van der Waals surface area contributed by atoms with E-state index >= 15 is 0 Å². The summed E-state index contributed by atoms with van der Waals surface area (Å²) in [7, 11) is 0. The third kappa shape index (κ3) is 2.98. The zero-order valence-electron chi connectivity index (χ0n) is 7.31. The maximum Gasteiger partial charge on any atom is 0.573 e. The molecule has 0 aliphatic rings. The molecule has 0 aliphatic carbocycles. The molecule has 1 aromatic rings. The average Bonchev–Trinajstić information content (AvgIpc) is 2.08. The molecule has 0 atom stereocenters. The number of benzene rings is 1. The number of nitrogen functional groups attached to an aromatic ring is 1. The van der Waals surface area contributed by atoms with E-state index in [9.17, 15) is 17.6 Å². The molecule has 0 unspecified atom stereocenters. The van der Waals surface area contributed by atoms with Gasteiger partial charge in [0, 0.05) is 11.6 Å². The SMILES string of the molecule is Nc1cc(CO)c(OC(F)(F)F)cc1F. The molecule has 7 heteroatoms. The molecule has 0 bridgehead atoms. The fourth-order valence-corrected chi connectivity index (χ4v) is 0.962. The zero-order valence-corrected chi connectivity index (χ0v) is 7.31. The van der Waals surface area contributed by atoms with Gasteiger partial charge in [-0.15, -0.1) is 13.2 Å². The van der Waals surface area contributed by atoms with Gasteiger partial charge in [-0.05, 0) is 6.07 Å². The van der Waals surface area contributed by atoms with Crippen molar-refractivity contribution in [2.75, 3.05) is 5.73 Å². The van der Waals surface area contributed by atoms with E-state index in [1.165, 1.54) is 0 Å². The summed E-state index contributed by atoms with van der Waals surface area (Å²) in [5.41, 5.74) is 4.52. The van der Waals surface area contributed by atoms with Crippen molar-refractivity contribution in [3.8, 4) is 5.75 Å². The van der Waals surface area contributed by atoms with Crippen LogP contribution >= 0.6 is 0 Å². The number of hydrogen-bond acceptors (Lipinski definition) is 3. The van der Waals surface area contributed by atoms with Crippen LogP contribution in [0.2, 0.25) is 0 Å². The van der Waals surface area contributed by atoms with Gasteiger partial charge >= 0.3 is 6.36 Å². The van der Waals surface area contributed by atoms with Gasteiger partial charge in [0.2, 0.25) is 0 Å². The van der Waals surface area contributed by atoms with E-state index in [2.05, 4.69) is 4.74 Å². The fraction of sp³-hybridized carbons (Fsp3) is 0.250. The second-order valence-electron chi connectivity index (χ2n) is 2.69. The lowest BCUT2D eigenvalue weighted by molar-refractivity contribution is -0.275. The van der Waals surface area contributed by atoms with Crippen LogP contribution in [0.25, 0.3) is 0 Å². The topological polar surface area (TPSA) is 55.5 Å². The minimum atomic E-state index is -4.94. The van der Waals surface area contributed by atoms with Crippen LogP contribution in [0.3, 0.4) is 0 Å². The minimum absolute atomic E-state index is 0.230. The lowest BCUT2D eigenvalue weighted by atomic mass is 10.2. The molecule has 1 rings (SSSR count). The molecule has 84 valence electrons. The summed E-state index contributed by atoms with van der Waals surface area (Å²) in [5, 5.41) is 8.71.